The molecule has 2 unspecified atom stereocenters. The van der Waals surface area contributed by atoms with Gasteiger partial charge in [-0.1, -0.05) is 6.42 Å². The van der Waals surface area contributed by atoms with Crippen molar-refractivity contribution in [2.75, 3.05) is 20.7 Å². The van der Waals surface area contributed by atoms with Gasteiger partial charge in [0.2, 0.25) is 0 Å². The zero-order valence-corrected chi connectivity index (χ0v) is 12.5. The molecule has 0 aromatic carbocycles. The van der Waals surface area contributed by atoms with Gasteiger partial charge in [-0.3, -0.25) is 0 Å². The third-order valence-electron chi connectivity index (χ3n) is 5.05. The molecule has 2 fully saturated rings. The smallest absolute Gasteiger partial charge is 0.0634 e. The average Bonchev–Trinajstić information content (AvgIpc) is 2.30. The largest absolute Gasteiger partial charge is 0.379 e. The van der Waals surface area contributed by atoms with Crippen LogP contribution in [0.15, 0.2) is 0 Å². The molecule has 0 spiro atoms. The summed E-state index contributed by atoms with van der Waals surface area (Å²) in [5.74, 6) is 0. The van der Waals surface area contributed by atoms with Crippen molar-refractivity contribution >= 4 is 0 Å². The highest BCUT2D eigenvalue weighted by atomic mass is 16.5. The van der Waals surface area contributed by atoms with Crippen molar-refractivity contribution in [1.29, 1.82) is 0 Å². The normalized spacial score (nSPS) is 33.7. The summed E-state index contributed by atoms with van der Waals surface area (Å²) in [6.45, 7) is 5.41. The molecular formula is C15H30N2O. The van der Waals surface area contributed by atoms with Gasteiger partial charge >= 0.3 is 0 Å². The zero-order valence-electron chi connectivity index (χ0n) is 12.5. The maximum atomic E-state index is 5.47. The number of methoxy groups -OCH3 is 1. The van der Waals surface area contributed by atoms with E-state index in [4.69, 9.17) is 4.74 Å². The summed E-state index contributed by atoms with van der Waals surface area (Å²) < 4.78 is 5.47. The van der Waals surface area contributed by atoms with Crippen LogP contribution in [0.1, 0.15) is 52.4 Å². The van der Waals surface area contributed by atoms with E-state index >= 15 is 0 Å². The number of hydrogen-bond acceptors (Lipinski definition) is 3. The van der Waals surface area contributed by atoms with Crippen LogP contribution in [0.2, 0.25) is 0 Å². The molecule has 2 heterocycles. The summed E-state index contributed by atoms with van der Waals surface area (Å²) in [5.41, 5.74) is 0.00826. The molecule has 0 aromatic rings. The van der Waals surface area contributed by atoms with Gasteiger partial charge in [0.25, 0.3) is 0 Å². The van der Waals surface area contributed by atoms with E-state index < -0.39 is 0 Å². The molecule has 0 amide bonds. The average molecular weight is 254 g/mol. The van der Waals surface area contributed by atoms with Crippen LogP contribution in [0.25, 0.3) is 0 Å². The van der Waals surface area contributed by atoms with Crippen LogP contribution in [-0.2, 0) is 4.74 Å². The highest BCUT2D eigenvalue weighted by molar-refractivity contribution is 4.93. The van der Waals surface area contributed by atoms with Crippen LogP contribution >= 0.6 is 0 Å². The topological polar surface area (TPSA) is 24.5 Å². The number of ether oxygens (including phenoxy) is 1. The van der Waals surface area contributed by atoms with Crippen LogP contribution < -0.4 is 5.32 Å². The molecule has 2 rings (SSSR count). The number of hydrogen-bond donors (Lipinski definition) is 1. The predicted octanol–water partition coefficient (Wildman–Crippen LogP) is 2.41. The van der Waals surface area contributed by atoms with Crippen molar-refractivity contribution < 1.29 is 4.74 Å². The molecule has 0 aliphatic carbocycles. The minimum Gasteiger partial charge on any atom is -0.379 e. The van der Waals surface area contributed by atoms with E-state index in [1.54, 1.807) is 7.11 Å². The molecule has 3 nitrogen and oxygen atoms in total. The molecule has 106 valence electrons. The molecule has 2 saturated heterocycles. The quantitative estimate of drug-likeness (QED) is 0.815. The molecule has 18 heavy (non-hydrogen) atoms. The SMILES string of the molecule is COC(C)(C)CCNC1CC2CCCC(C1)N2C. The first-order valence-corrected chi connectivity index (χ1v) is 7.52. The second-order valence-electron chi connectivity index (χ2n) is 6.74. The Morgan fingerprint density at radius 2 is 1.83 bits per heavy atom. The molecular weight excluding hydrogens is 224 g/mol. The van der Waals surface area contributed by atoms with Gasteiger partial charge in [-0.2, -0.15) is 0 Å². The molecule has 3 heteroatoms. The molecule has 0 saturated carbocycles. The molecule has 2 bridgehead atoms. The lowest BCUT2D eigenvalue weighted by Gasteiger charge is -2.47. The van der Waals surface area contributed by atoms with Gasteiger partial charge in [-0.05, 0) is 59.5 Å². The van der Waals surface area contributed by atoms with Crippen molar-refractivity contribution in [2.24, 2.45) is 0 Å². The van der Waals surface area contributed by atoms with Crippen molar-refractivity contribution in [3.8, 4) is 0 Å². The number of nitrogens with one attached hydrogen (secondary N) is 1. The lowest BCUT2D eigenvalue weighted by molar-refractivity contribution is 0.0119. The molecule has 2 aliphatic heterocycles. The summed E-state index contributed by atoms with van der Waals surface area (Å²) in [4.78, 5) is 2.63. The van der Waals surface area contributed by atoms with Gasteiger partial charge in [0, 0.05) is 25.2 Å². The Morgan fingerprint density at radius 1 is 1.22 bits per heavy atom. The fourth-order valence-corrected chi connectivity index (χ4v) is 3.46. The second-order valence-corrected chi connectivity index (χ2v) is 6.74. The number of nitrogens with zero attached hydrogens (tertiary/aromatic N) is 1. The maximum Gasteiger partial charge on any atom is 0.0634 e. The van der Waals surface area contributed by atoms with Gasteiger partial charge in [-0.25, -0.2) is 0 Å². The van der Waals surface area contributed by atoms with Crippen molar-refractivity contribution in [3.63, 3.8) is 0 Å². The highest BCUT2D eigenvalue weighted by Gasteiger charge is 2.35. The van der Waals surface area contributed by atoms with E-state index in [1.165, 1.54) is 32.1 Å². The monoisotopic (exact) mass is 254 g/mol. The lowest BCUT2D eigenvalue weighted by Crippen LogP contribution is -2.54. The van der Waals surface area contributed by atoms with Crippen molar-refractivity contribution in [1.82, 2.24) is 10.2 Å². The fourth-order valence-electron chi connectivity index (χ4n) is 3.46. The first-order chi connectivity index (χ1) is 8.52. The van der Waals surface area contributed by atoms with E-state index in [0.29, 0.717) is 0 Å². The Morgan fingerprint density at radius 3 is 2.39 bits per heavy atom. The Bertz CT molecular complexity index is 253. The Hall–Kier alpha value is -0.120. The highest BCUT2D eigenvalue weighted by Crippen LogP contribution is 2.32. The van der Waals surface area contributed by atoms with Crippen LogP contribution in [0.5, 0.6) is 0 Å². The van der Waals surface area contributed by atoms with Crippen LogP contribution in [0, 0.1) is 0 Å². The summed E-state index contributed by atoms with van der Waals surface area (Å²) >= 11 is 0. The van der Waals surface area contributed by atoms with Crippen LogP contribution in [-0.4, -0.2) is 49.3 Å². The molecule has 0 aromatic heterocycles. The van der Waals surface area contributed by atoms with Gasteiger partial charge in [0.15, 0.2) is 0 Å². The summed E-state index contributed by atoms with van der Waals surface area (Å²) in [7, 11) is 4.12. The standard InChI is InChI=1S/C15H30N2O/c1-15(2,18-4)8-9-16-12-10-13-6-5-7-14(11-12)17(13)3/h12-14,16H,5-11H2,1-4H3. The molecule has 2 aliphatic rings. The zero-order chi connectivity index (χ0) is 13.2. The molecule has 1 N–H and O–H groups in total. The lowest BCUT2D eigenvalue weighted by atomic mass is 9.82. The Labute approximate surface area is 112 Å². The van der Waals surface area contributed by atoms with E-state index in [9.17, 15) is 0 Å². The van der Waals surface area contributed by atoms with Crippen LogP contribution in [0.4, 0.5) is 0 Å². The van der Waals surface area contributed by atoms with Gasteiger partial charge in [0.05, 0.1) is 5.60 Å². The summed E-state index contributed by atoms with van der Waals surface area (Å²) in [5, 5.41) is 3.75. The van der Waals surface area contributed by atoms with Crippen molar-refractivity contribution in [3.05, 3.63) is 0 Å². The maximum absolute atomic E-state index is 5.47. The van der Waals surface area contributed by atoms with Crippen LogP contribution in [0.3, 0.4) is 0 Å². The number of piperidine rings is 2. The predicted molar refractivity (Wildman–Crippen MR) is 75.9 cm³/mol. The summed E-state index contributed by atoms with van der Waals surface area (Å²) in [6.07, 6.45) is 7.98. The first-order valence-electron chi connectivity index (χ1n) is 7.52. The van der Waals surface area contributed by atoms with E-state index in [-0.39, 0.29) is 5.60 Å². The third-order valence-corrected chi connectivity index (χ3v) is 5.05. The van der Waals surface area contributed by atoms with E-state index in [1.807, 2.05) is 0 Å². The van der Waals surface area contributed by atoms with Crippen molar-refractivity contribution in [2.45, 2.75) is 76.1 Å². The van der Waals surface area contributed by atoms with Gasteiger partial charge in [0.1, 0.15) is 0 Å². The Balaban J connectivity index is 1.75. The number of fused-ring (bicyclic) bond motifs is 2. The van der Waals surface area contributed by atoms with Gasteiger partial charge < -0.3 is 15.0 Å². The Kier molecular flexibility index (Phi) is 4.68. The van der Waals surface area contributed by atoms with Gasteiger partial charge in [-0.15, -0.1) is 0 Å². The number of rotatable bonds is 5. The minimum absolute atomic E-state index is 0.00826. The molecule has 0 radical (unpaired) electrons. The van der Waals surface area contributed by atoms with E-state index in [0.717, 1.165) is 31.1 Å². The molecule has 2 atom stereocenters. The van der Waals surface area contributed by atoms with E-state index in [2.05, 4.69) is 31.1 Å². The summed E-state index contributed by atoms with van der Waals surface area (Å²) in [6, 6.07) is 2.38. The third kappa shape index (κ3) is 3.46. The first kappa shape index (κ1) is 14.3. The second kappa shape index (κ2) is 5.89. The fraction of sp³-hybridized carbons (Fsp3) is 1.00. The minimum atomic E-state index is 0.00826.